The van der Waals surface area contributed by atoms with Crippen LogP contribution < -0.4 is 10.6 Å². The number of benzene rings is 1. The molecule has 2 rings (SSSR count). The Kier molecular flexibility index (Phi) is 4.75. The SMILES string of the molecule is CCc1cc(C(=O)Nc2cc(F)ccc2Cl)cc(NC)n1. The second kappa shape index (κ2) is 6.54. The zero-order valence-corrected chi connectivity index (χ0v) is 12.5. The van der Waals surface area contributed by atoms with Crippen LogP contribution in [0.2, 0.25) is 5.02 Å². The minimum Gasteiger partial charge on any atom is -0.373 e. The average molecular weight is 308 g/mol. The number of pyridine rings is 1. The van der Waals surface area contributed by atoms with E-state index in [0.29, 0.717) is 17.8 Å². The van der Waals surface area contributed by atoms with E-state index in [9.17, 15) is 9.18 Å². The van der Waals surface area contributed by atoms with Crippen molar-refractivity contribution < 1.29 is 9.18 Å². The van der Waals surface area contributed by atoms with Crippen LogP contribution in [0.3, 0.4) is 0 Å². The fourth-order valence-electron chi connectivity index (χ4n) is 1.82. The number of carbonyl (C=O) groups is 1. The monoisotopic (exact) mass is 307 g/mol. The first-order valence-corrected chi connectivity index (χ1v) is 6.86. The second-order valence-electron chi connectivity index (χ2n) is 4.41. The van der Waals surface area contributed by atoms with Crippen LogP contribution in [0.4, 0.5) is 15.9 Å². The van der Waals surface area contributed by atoms with Crippen LogP contribution in [0.25, 0.3) is 0 Å². The molecule has 0 radical (unpaired) electrons. The van der Waals surface area contributed by atoms with E-state index in [1.807, 2.05) is 6.92 Å². The van der Waals surface area contributed by atoms with Gasteiger partial charge < -0.3 is 10.6 Å². The normalized spacial score (nSPS) is 10.3. The van der Waals surface area contributed by atoms with Crippen molar-refractivity contribution in [1.29, 1.82) is 0 Å². The molecule has 6 heteroatoms. The van der Waals surface area contributed by atoms with E-state index in [1.54, 1.807) is 19.2 Å². The number of rotatable bonds is 4. The van der Waals surface area contributed by atoms with Gasteiger partial charge in [-0.3, -0.25) is 4.79 Å². The summed E-state index contributed by atoms with van der Waals surface area (Å²) in [5, 5.41) is 5.79. The maximum atomic E-state index is 13.2. The molecule has 0 bridgehead atoms. The number of halogens is 2. The molecule has 1 heterocycles. The highest BCUT2D eigenvalue weighted by Gasteiger charge is 2.12. The van der Waals surface area contributed by atoms with E-state index in [1.165, 1.54) is 18.2 Å². The van der Waals surface area contributed by atoms with Crippen molar-refractivity contribution in [3.8, 4) is 0 Å². The van der Waals surface area contributed by atoms with Crippen molar-refractivity contribution in [1.82, 2.24) is 4.98 Å². The maximum absolute atomic E-state index is 13.2. The highest BCUT2D eigenvalue weighted by molar-refractivity contribution is 6.33. The summed E-state index contributed by atoms with van der Waals surface area (Å²) < 4.78 is 13.2. The van der Waals surface area contributed by atoms with E-state index in [4.69, 9.17) is 11.6 Å². The summed E-state index contributed by atoms with van der Waals surface area (Å²) in [5.74, 6) is -0.226. The molecule has 0 aliphatic heterocycles. The Bertz CT molecular complexity index is 654. The molecule has 1 aromatic heterocycles. The van der Waals surface area contributed by atoms with E-state index < -0.39 is 5.82 Å². The van der Waals surface area contributed by atoms with Crippen molar-refractivity contribution in [2.24, 2.45) is 0 Å². The molecular weight excluding hydrogens is 293 g/mol. The zero-order valence-electron chi connectivity index (χ0n) is 11.7. The maximum Gasteiger partial charge on any atom is 0.255 e. The molecule has 2 aromatic rings. The highest BCUT2D eigenvalue weighted by atomic mass is 35.5. The van der Waals surface area contributed by atoms with Gasteiger partial charge in [0.25, 0.3) is 5.91 Å². The smallest absolute Gasteiger partial charge is 0.255 e. The van der Waals surface area contributed by atoms with Gasteiger partial charge in [-0.05, 0) is 36.8 Å². The lowest BCUT2D eigenvalue weighted by molar-refractivity contribution is 0.102. The van der Waals surface area contributed by atoms with Gasteiger partial charge in [0.2, 0.25) is 0 Å². The molecule has 1 aromatic carbocycles. The van der Waals surface area contributed by atoms with Crippen molar-refractivity contribution in [3.63, 3.8) is 0 Å². The lowest BCUT2D eigenvalue weighted by Crippen LogP contribution is -2.14. The third-order valence-corrected chi connectivity index (χ3v) is 3.27. The van der Waals surface area contributed by atoms with Crippen LogP contribution in [-0.2, 0) is 6.42 Å². The molecule has 0 unspecified atom stereocenters. The van der Waals surface area contributed by atoms with E-state index in [2.05, 4.69) is 15.6 Å². The predicted octanol–water partition coefficient (Wildman–Crippen LogP) is 3.73. The minimum absolute atomic E-state index is 0.238. The summed E-state index contributed by atoms with van der Waals surface area (Å²) in [6, 6.07) is 7.14. The Hall–Kier alpha value is -2.14. The number of hydrogen-bond donors (Lipinski definition) is 2. The van der Waals surface area contributed by atoms with Gasteiger partial charge in [-0.15, -0.1) is 0 Å². The summed E-state index contributed by atoms with van der Waals surface area (Å²) >= 11 is 5.94. The van der Waals surface area contributed by atoms with Crippen LogP contribution >= 0.6 is 11.6 Å². The van der Waals surface area contributed by atoms with Crippen molar-refractivity contribution in [2.75, 3.05) is 17.7 Å². The Morgan fingerprint density at radius 3 is 2.76 bits per heavy atom. The van der Waals surface area contributed by atoms with Crippen LogP contribution in [0.5, 0.6) is 0 Å². The Morgan fingerprint density at radius 2 is 2.10 bits per heavy atom. The molecule has 0 aliphatic rings. The largest absolute Gasteiger partial charge is 0.373 e. The molecular formula is C15H15ClFN3O. The van der Waals surface area contributed by atoms with Crippen LogP contribution in [0.15, 0.2) is 30.3 Å². The predicted molar refractivity (Wildman–Crippen MR) is 82.5 cm³/mol. The lowest BCUT2D eigenvalue weighted by Gasteiger charge is -2.10. The number of aromatic nitrogens is 1. The molecule has 0 saturated carbocycles. The van der Waals surface area contributed by atoms with Gasteiger partial charge in [0.1, 0.15) is 11.6 Å². The molecule has 21 heavy (non-hydrogen) atoms. The van der Waals surface area contributed by atoms with Crippen LogP contribution in [0, 0.1) is 5.82 Å². The summed E-state index contributed by atoms with van der Waals surface area (Å²) in [6.07, 6.45) is 0.705. The Labute approximate surface area is 127 Å². The summed E-state index contributed by atoms with van der Waals surface area (Å²) in [7, 11) is 1.73. The number of anilines is 2. The number of nitrogens with one attached hydrogen (secondary N) is 2. The van der Waals surface area contributed by atoms with Crippen LogP contribution in [0.1, 0.15) is 23.0 Å². The number of amides is 1. The van der Waals surface area contributed by atoms with Crippen molar-refractivity contribution >= 4 is 29.0 Å². The first-order valence-electron chi connectivity index (χ1n) is 6.48. The lowest BCUT2D eigenvalue weighted by atomic mass is 10.1. The third kappa shape index (κ3) is 3.70. The number of hydrogen-bond acceptors (Lipinski definition) is 3. The van der Waals surface area contributed by atoms with Crippen molar-refractivity contribution in [3.05, 3.63) is 52.4 Å². The number of carbonyl (C=O) groups excluding carboxylic acids is 1. The molecule has 0 spiro atoms. The molecule has 110 valence electrons. The summed E-state index contributed by atoms with van der Waals surface area (Å²) in [4.78, 5) is 16.6. The van der Waals surface area contributed by atoms with Crippen LogP contribution in [-0.4, -0.2) is 17.9 Å². The number of aryl methyl sites for hydroxylation is 1. The summed E-state index contributed by atoms with van der Waals surface area (Å²) in [6.45, 7) is 1.95. The quantitative estimate of drug-likeness (QED) is 0.905. The van der Waals surface area contributed by atoms with E-state index in [-0.39, 0.29) is 16.6 Å². The van der Waals surface area contributed by atoms with E-state index in [0.717, 1.165) is 5.69 Å². The second-order valence-corrected chi connectivity index (χ2v) is 4.82. The first-order chi connectivity index (χ1) is 10.0. The molecule has 0 atom stereocenters. The Morgan fingerprint density at radius 1 is 1.33 bits per heavy atom. The van der Waals surface area contributed by atoms with Gasteiger partial charge in [0, 0.05) is 18.3 Å². The molecule has 0 aliphatic carbocycles. The summed E-state index contributed by atoms with van der Waals surface area (Å²) in [5.41, 5.74) is 1.46. The average Bonchev–Trinajstić information content (AvgIpc) is 2.50. The fraction of sp³-hybridized carbons (Fsp3) is 0.200. The molecule has 0 fully saturated rings. The molecule has 0 saturated heterocycles. The third-order valence-electron chi connectivity index (χ3n) is 2.94. The number of nitrogens with zero attached hydrogens (tertiary/aromatic N) is 1. The zero-order chi connectivity index (χ0) is 15.4. The fourth-order valence-corrected chi connectivity index (χ4v) is 1.98. The van der Waals surface area contributed by atoms with E-state index >= 15 is 0 Å². The van der Waals surface area contributed by atoms with Gasteiger partial charge in [-0.25, -0.2) is 9.37 Å². The molecule has 1 amide bonds. The van der Waals surface area contributed by atoms with Gasteiger partial charge in [0.15, 0.2) is 0 Å². The standard InChI is InChI=1S/C15H15ClFN3O/c1-3-11-6-9(7-14(18-2)19-11)15(21)20-13-8-10(17)4-5-12(13)16/h4-8H,3H2,1-2H3,(H,18,19)(H,20,21). The van der Waals surface area contributed by atoms with Gasteiger partial charge in [0.05, 0.1) is 10.7 Å². The Balaban J connectivity index is 2.29. The van der Waals surface area contributed by atoms with Gasteiger partial charge >= 0.3 is 0 Å². The minimum atomic E-state index is -0.463. The molecule has 2 N–H and O–H groups in total. The topological polar surface area (TPSA) is 54.0 Å². The molecule has 4 nitrogen and oxygen atoms in total. The first kappa shape index (κ1) is 15.3. The van der Waals surface area contributed by atoms with Gasteiger partial charge in [-0.1, -0.05) is 18.5 Å². The van der Waals surface area contributed by atoms with Crippen molar-refractivity contribution in [2.45, 2.75) is 13.3 Å². The highest BCUT2D eigenvalue weighted by Crippen LogP contribution is 2.23. The van der Waals surface area contributed by atoms with Gasteiger partial charge in [-0.2, -0.15) is 0 Å².